The summed E-state index contributed by atoms with van der Waals surface area (Å²) < 4.78 is 5.81. The molecule has 0 bridgehead atoms. The van der Waals surface area contributed by atoms with Gasteiger partial charge in [0.05, 0.1) is 11.7 Å². The van der Waals surface area contributed by atoms with Crippen molar-refractivity contribution in [1.29, 1.82) is 0 Å². The second-order valence-electron chi connectivity index (χ2n) is 3.82. The molecule has 0 saturated carbocycles. The van der Waals surface area contributed by atoms with E-state index >= 15 is 0 Å². The summed E-state index contributed by atoms with van der Waals surface area (Å²) >= 11 is 0. The summed E-state index contributed by atoms with van der Waals surface area (Å²) in [6.07, 6.45) is 3.04. The van der Waals surface area contributed by atoms with E-state index in [0.717, 1.165) is 13.1 Å². The molecule has 0 amide bonds. The summed E-state index contributed by atoms with van der Waals surface area (Å²) in [5.41, 5.74) is 0.286. The Morgan fingerprint density at radius 1 is 1.50 bits per heavy atom. The van der Waals surface area contributed by atoms with Gasteiger partial charge in [0.15, 0.2) is 0 Å². The molecule has 0 aromatic carbocycles. The van der Waals surface area contributed by atoms with Gasteiger partial charge in [-0.25, -0.2) is 0 Å². The molecule has 1 atom stereocenters. The van der Waals surface area contributed by atoms with Crippen molar-refractivity contribution in [2.45, 2.75) is 31.5 Å². The maximum Gasteiger partial charge on any atom is 0.0939 e. The molecule has 2 aliphatic heterocycles. The van der Waals surface area contributed by atoms with Gasteiger partial charge in [0.1, 0.15) is 0 Å². The largest absolute Gasteiger partial charge is 0.369 e. The number of nitrogens with zero attached hydrogens (tertiary/aromatic N) is 1. The normalized spacial score (nSPS) is 38.4. The molecule has 0 aliphatic carbocycles. The van der Waals surface area contributed by atoms with Crippen molar-refractivity contribution in [2.75, 3.05) is 20.1 Å². The van der Waals surface area contributed by atoms with E-state index in [-0.39, 0.29) is 5.60 Å². The Kier molecular flexibility index (Phi) is 1.29. The summed E-state index contributed by atoms with van der Waals surface area (Å²) in [4.78, 5) is 2.32. The van der Waals surface area contributed by atoms with Crippen molar-refractivity contribution >= 4 is 0 Å². The molecule has 0 aromatic heterocycles. The fraction of sp³-hybridized carbons (Fsp3) is 1.00. The monoisotopic (exact) mass is 141 g/mol. The van der Waals surface area contributed by atoms with Crippen LogP contribution in [0.5, 0.6) is 0 Å². The molecular formula is C8H15NO. The molecule has 2 aliphatic rings. The number of hydrogen-bond donors (Lipinski definition) is 0. The summed E-state index contributed by atoms with van der Waals surface area (Å²) in [7, 11) is 2.15. The van der Waals surface area contributed by atoms with Gasteiger partial charge in [-0.1, -0.05) is 0 Å². The second-order valence-corrected chi connectivity index (χ2v) is 3.82. The minimum Gasteiger partial charge on any atom is -0.369 e. The van der Waals surface area contributed by atoms with Crippen LogP contribution in [-0.4, -0.2) is 36.7 Å². The Hall–Kier alpha value is -0.0800. The number of likely N-dealkylation sites (tertiary alicyclic amines) is 1. The molecule has 2 rings (SSSR count). The second kappa shape index (κ2) is 1.95. The van der Waals surface area contributed by atoms with Crippen molar-refractivity contribution in [2.24, 2.45) is 0 Å². The van der Waals surface area contributed by atoms with Crippen LogP contribution in [0.4, 0.5) is 0 Å². The predicted octanol–water partition coefficient (Wildman–Crippen LogP) is 0.869. The molecule has 2 heteroatoms. The quantitative estimate of drug-likeness (QED) is 0.496. The topological polar surface area (TPSA) is 12.5 Å². The molecule has 2 fully saturated rings. The Balaban J connectivity index is 1.95. The van der Waals surface area contributed by atoms with Crippen LogP contribution in [0.1, 0.15) is 19.8 Å². The van der Waals surface area contributed by atoms with Crippen LogP contribution in [0.2, 0.25) is 0 Å². The number of ether oxygens (including phenoxy) is 1. The summed E-state index contributed by atoms with van der Waals surface area (Å²) in [6.45, 7) is 4.47. The average molecular weight is 141 g/mol. The smallest absolute Gasteiger partial charge is 0.0939 e. The van der Waals surface area contributed by atoms with E-state index in [4.69, 9.17) is 4.74 Å². The van der Waals surface area contributed by atoms with Gasteiger partial charge in [0.25, 0.3) is 0 Å². The molecule has 2 nitrogen and oxygen atoms in total. The van der Waals surface area contributed by atoms with Gasteiger partial charge in [-0.05, 0) is 26.8 Å². The zero-order valence-electron chi connectivity index (χ0n) is 6.76. The van der Waals surface area contributed by atoms with E-state index in [0.29, 0.717) is 6.10 Å². The molecule has 2 saturated heterocycles. The summed E-state index contributed by atoms with van der Waals surface area (Å²) in [5, 5.41) is 0. The molecule has 0 radical (unpaired) electrons. The van der Waals surface area contributed by atoms with Gasteiger partial charge >= 0.3 is 0 Å². The molecule has 10 heavy (non-hydrogen) atoms. The molecule has 1 spiro atoms. The zero-order valence-corrected chi connectivity index (χ0v) is 6.76. The Bertz CT molecular complexity index is 135. The van der Waals surface area contributed by atoms with Crippen molar-refractivity contribution in [3.8, 4) is 0 Å². The van der Waals surface area contributed by atoms with Gasteiger partial charge in [0.2, 0.25) is 0 Å². The highest BCUT2D eigenvalue weighted by molar-refractivity contribution is 4.99. The number of likely N-dealkylation sites (N-methyl/N-ethyl adjacent to an activating group) is 1. The Morgan fingerprint density at radius 3 is 2.60 bits per heavy atom. The summed E-state index contributed by atoms with van der Waals surface area (Å²) in [6, 6.07) is 0. The van der Waals surface area contributed by atoms with E-state index < -0.39 is 0 Å². The third-order valence-electron chi connectivity index (χ3n) is 2.57. The third kappa shape index (κ3) is 0.867. The third-order valence-corrected chi connectivity index (χ3v) is 2.57. The van der Waals surface area contributed by atoms with E-state index in [9.17, 15) is 0 Å². The highest BCUT2D eigenvalue weighted by atomic mass is 16.5. The lowest BCUT2D eigenvalue weighted by atomic mass is 9.92. The molecule has 0 aromatic rings. The van der Waals surface area contributed by atoms with Gasteiger partial charge in [-0.2, -0.15) is 0 Å². The van der Waals surface area contributed by atoms with Crippen LogP contribution >= 0.6 is 0 Å². The lowest BCUT2D eigenvalue weighted by molar-refractivity contribution is -0.122. The van der Waals surface area contributed by atoms with Crippen molar-refractivity contribution in [3.05, 3.63) is 0 Å². The minimum atomic E-state index is 0.286. The molecule has 1 unspecified atom stereocenters. The Labute approximate surface area is 62.2 Å². The van der Waals surface area contributed by atoms with Gasteiger partial charge in [-0.3, -0.25) is 0 Å². The standard InChI is InChI=1S/C8H15NO/c1-7-3-4-8(10-7)5-9(2)6-8/h7H,3-6H2,1-2H3. The lowest BCUT2D eigenvalue weighted by Crippen LogP contribution is -2.59. The maximum atomic E-state index is 5.81. The highest BCUT2D eigenvalue weighted by Gasteiger charge is 2.46. The SMILES string of the molecule is CC1CCC2(CN(C)C2)O1. The van der Waals surface area contributed by atoms with Crippen molar-refractivity contribution in [3.63, 3.8) is 0 Å². The lowest BCUT2D eigenvalue weighted by Gasteiger charge is -2.45. The maximum absolute atomic E-state index is 5.81. The van der Waals surface area contributed by atoms with E-state index in [1.165, 1.54) is 12.8 Å². The first-order chi connectivity index (χ1) is 4.70. The van der Waals surface area contributed by atoms with Gasteiger partial charge in [0, 0.05) is 13.1 Å². The Morgan fingerprint density at radius 2 is 2.20 bits per heavy atom. The summed E-state index contributed by atoms with van der Waals surface area (Å²) in [5.74, 6) is 0. The van der Waals surface area contributed by atoms with Crippen LogP contribution in [0, 0.1) is 0 Å². The van der Waals surface area contributed by atoms with Gasteiger partial charge < -0.3 is 9.64 Å². The van der Waals surface area contributed by atoms with Crippen LogP contribution in [0.3, 0.4) is 0 Å². The van der Waals surface area contributed by atoms with Crippen LogP contribution in [0.25, 0.3) is 0 Å². The van der Waals surface area contributed by atoms with Crippen molar-refractivity contribution in [1.82, 2.24) is 4.90 Å². The van der Waals surface area contributed by atoms with Crippen LogP contribution in [0.15, 0.2) is 0 Å². The predicted molar refractivity (Wildman–Crippen MR) is 40.0 cm³/mol. The first-order valence-electron chi connectivity index (χ1n) is 4.07. The van der Waals surface area contributed by atoms with Crippen molar-refractivity contribution < 1.29 is 4.74 Å². The fourth-order valence-corrected chi connectivity index (χ4v) is 2.18. The fourth-order valence-electron chi connectivity index (χ4n) is 2.18. The molecular weight excluding hydrogens is 126 g/mol. The highest BCUT2D eigenvalue weighted by Crippen LogP contribution is 2.36. The van der Waals surface area contributed by atoms with Crippen LogP contribution in [-0.2, 0) is 4.74 Å². The first-order valence-corrected chi connectivity index (χ1v) is 4.07. The molecule has 0 N–H and O–H groups in total. The van der Waals surface area contributed by atoms with E-state index in [1.807, 2.05) is 0 Å². The van der Waals surface area contributed by atoms with Gasteiger partial charge in [-0.15, -0.1) is 0 Å². The minimum absolute atomic E-state index is 0.286. The van der Waals surface area contributed by atoms with E-state index in [2.05, 4.69) is 18.9 Å². The van der Waals surface area contributed by atoms with E-state index in [1.54, 1.807) is 0 Å². The molecule has 2 heterocycles. The zero-order chi connectivity index (χ0) is 7.19. The number of rotatable bonds is 0. The average Bonchev–Trinajstić information content (AvgIpc) is 2.10. The first kappa shape index (κ1) is 6.62. The molecule has 58 valence electrons. The van der Waals surface area contributed by atoms with Crippen LogP contribution < -0.4 is 0 Å². The number of hydrogen-bond acceptors (Lipinski definition) is 2.